The zero-order chi connectivity index (χ0) is 21.2. The largest absolute Gasteiger partial charge is 0.465 e. The Kier molecular flexibility index (Phi) is 5.83. The Morgan fingerprint density at radius 2 is 1.66 bits per heavy atom. The van der Waals surface area contributed by atoms with Crippen LogP contribution in [0, 0.1) is 0 Å². The minimum atomic E-state index is -4.49. The molecule has 0 saturated carbocycles. The lowest BCUT2D eigenvalue weighted by atomic mass is 10.1. The van der Waals surface area contributed by atoms with Crippen molar-refractivity contribution < 1.29 is 36.2 Å². The number of carbonyl (C=O) groups is 1. The molecule has 0 aliphatic carbocycles. The normalized spacial score (nSPS) is 11.6. The number of hydrogen-bond acceptors (Lipinski definition) is 5. The van der Waals surface area contributed by atoms with Crippen molar-refractivity contribution >= 4 is 17.3 Å². The number of thiazole rings is 1. The Morgan fingerprint density at radius 3 is 2.17 bits per heavy atom. The maximum absolute atomic E-state index is 13.4. The van der Waals surface area contributed by atoms with E-state index in [1.165, 1.54) is 31.4 Å². The van der Waals surface area contributed by atoms with Crippen LogP contribution in [0.15, 0.2) is 48.5 Å². The summed E-state index contributed by atoms with van der Waals surface area (Å²) < 4.78 is 74.6. The van der Waals surface area contributed by atoms with Crippen molar-refractivity contribution in [3.8, 4) is 22.2 Å². The zero-order valence-corrected chi connectivity index (χ0v) is 15.5. The molecule has 0 atom stereocenters. The lowest BCUT2D eigenvalue weighted by Crippen LogP contribution is -2.03. The Labute approximate surface area is 165 Å². The lowest BCUT2D eigenvalue weighted by molar-refractivity contribution is -0.137. The van der Waals surface area contributed by atoms with Gasteiger partial charge in [0.15, 0.2) is 0 Å². The number of alkyl halides is 5. The molecule has 0 aliphatic rings. The first-order valence-corrected chi connectivity index (χ1v) is 8.83. The summed E-state index contributed by atoms with van der Waals surface area (Å²) in [5.41, 5.74) is -0.329. The molecular weight excluding hydrogens is 417 g/mol. The Hall–Kier alpha value is -3.01. The van der Waals surface area contributed by atoms with Crippen LogP contribution in [0.25, 0.3) is 11.3 Å². The number of benzene rings is 2. The monoisotopic (exact) mass is 429 g/mol. The fourth-order valence-corrected chi connectivity index (χ4v) is 3.22. The molecule has 0 spiro atoms. The van der Waals surface area contributed by atoms with Gasteiger partial charge < -0.3 is 9.47 Å². The predicted octanol–water partition coefficient (Wildman–Crippen LogP) is 6.35. The number of aromatic nitrogens is 1. The summed E-state index contributed by atoms with van der Waals surface area (Å²) in [6.45, 7) is 0. The van der Waals surface area contributed by atoms with Gasteiger partial charge in [0.05, 0.1) is 23.9 Å². The Bertz CT molecular complexity index is 998. The van der Waals surface area contributed by atoms with Crippen LogP contribution >= 0.6 is 11.3 Å². The molecule has 1 heterocycles. The molecule has 0 radical (unpaired) electrons. The lowest BCUT2D eigenvalue weighted by Gasteiger charge is -2.07. The molecule has 10 heteroatoms. The van der Waals surface area contributed by atoms with Gasteiger partial charge in [0.1, 0.15) is 10.6 Å². The number of ether oxygens (including phenoxy) is 2. The van der Waals surface area contributed by atoms with Gasteiger partial charge in [-0.15, -0.1) is 0 Å². The fourth-order valence-electron chi connectivity index (χ4n) is 2.40. The highest BCUT2D eigenvalue weighted by molar-refractivity contribution is 7.14. The van der Waals surface area contributed by atoms with Crippen LogP contribution < -0.4 is 4.74 Å². The first kappa shape index (κ1) is 20.7. The summed E-state index contributed by atoms with van der Waals surface area (Å²) >= 11 is 0.585. The van der Waals surface area contributed by atoms with Crippen LogP contribution in [0.5, 0.6) is 10.9 Å². The van der Waals surface area contributed by atoms with Crippen molar-refractivity contribution in [2.24, 2.45) is 0 Å². The Morgan fingerprint density at radius 1 is 1.03 bits per heavy atom. The fraction of sp³-hybridized carbons (Fsp3) is 0.158. The number of halogens is 5. The quantitative estimate of drug-likeness (QED) is 0.351. The van der Waals surface area contributed by atoms with Gasteiger partial charge in [-0.3, -0.25) is 0 Å². The smallest absolute Gasteiger partial charge is 0.416 e. The highest BCUT2D eigenvalue weighted by Crippen LogP contribution is 2.40. The number of esters is 1. The second-order valence-electron chi connectivity index (χ2n) is 5.69. The molecule has 29 heavy (non-hydrogen) atoms. The SMILES string of the molecule is COC(=O)c1ccc(-c2nc(Oc3ccc(C(F)(F)F)cc3)sc2C(F)F)cc1. The third-order valence-corrected chi connectivity index (χ3v) is 4.74. The zero-order valence-electron chi connectivity index (χ0n) is 14.7. The van der Waals surface area contributed by atoms with E-state index in [1.54, 1.807) is 0 Å². The topological polar surface area (TPSA) is 48.4 Å². The average Bonchev–Trinajstić information content (AvgIpc) is 3.11. The summed E-state index contributed by atoms with van der Waals surface area (Å²) in [7, 11) is 1.22. The van der Waals surface area contributed by atoms with E-state index in [9.17, 15) is 26.7 Å². The molecule has 0 saturated heterocycles. The molecule has 0 fully saturated rings. The Balaban J connectivity index is 1.88. The van der Waals surface area contributed by atoms with Crippen LogP contribution in [-0.4, -0.2) is 18.1 Å². The van der Waals surface area contributed by atoms with Crippen LogP contribution in [-0.2, 0) is 10.9 Å². The standard InChI is InChI=1S/C19H12F5NO3S/c1-27-17(26)11-4-2-10(3-5-11)14-15(16(20)21)29-18(25-14)28-13-8-6-12(7-9-13)19(22,23)24/h2-9,16H,1H3. The van der Waals surface area contributed by atoms with Gasteiger partial charge in [0.25, 0.3) is 11.6 Å². The number of carbonyl (C=O) groups excluding carboxylic acids is 1. The van der Waals surface area contributed by atoms with E-state index in [1.807, 2.05) is 0 Å². The maximum atomic E-state index is 13.4. The van der Waals surface area contributed by atoms with E-state index in [0.29, 0.717) is 16.9 Å². The number of nitrogens with zero attached hydrogens (tertiary/aromatic N) is 1. The van der Waals surface area contributed by atoms with Crippen molar-refractivity contribution in [2.75, 3.05) is 7.11 Å². The second kappa shape index (κ2) is 8.16. The minimum Gasteiger partial charge on any atom is -0.465 e. The molecule has 0 bridgehead atoms. The molecule has 152 valence electrons. The summed E-state index contributed by atoms with van der Waals surface area (Å²) in [4.78, 5) is 15.2. The van der Waals surface area contributed by atoms with Crippen molar-refractivity contribution in [3.63, 3.8) is 0 Å². The van der Waals surface area contributed by atoms with Gasteiger partial charge in [-0.2, -0.15) is 13.2 Å². The molecule has 4 nitrogen and oxygen atoms in total. The molecule has 0 amide bonds. The van der Waals surface area contributed by atoms with Gasteiger partial charge in [0.2, 0.25) is 0 Å². The van der Waals surface area contributed by atoms with Crippen LogP contribution in [0.1, 0.15) is 27.2 Å². The molecule has 2 aromatic carbocycles. The minimum absolute atomic E-state index is 0.0279. The third-order valence-electron chi connectivity index (χ3n) is 3.80. The van der Waals surface area contributed by atoms with Crippen LogP contribution in [0.4, 0.5) is 22.0 Å². The van der Waals surface area contributed by atoms with E-state index in [0.717, 1.165) is 24.3 Å². The van der Waals surface area contributed by atoms with Crippen molar-refractivity contribution in [3.05, 3.63) is 64.5 Å². The highest BCUT2D eigenvalue weighted by atomic mass is 32.1. The van der Waals surface area contributed by atoms with Crippen molar-refractivity contribution in [1.82, 2.24) is 4.98 Å². The third kappa shape index (κ3) is 4.70. The van der Waals surface area contributed by atoms with Gasteiger partial charge >= 0.3 is 12.1 Å². The molecule has 3 rings (SSSR count). The van der Waals surface area contributed by atoms with Crippen LogP contribution in [0.2, 0.25) is 0 Å². The van der Waals surface area contributed by atoms with Crippen molar-refractivity contribution in [1.29, 1.82) is 0 Å². The predicted molar refractivity (Wildman–Crippen MR) is 95.4 cm³/mol. The van der Waals surface area contributed by atoms with E-state index < -0.39 is 24.1 Å². The summed E-state index contributed by atoms with van der Waals surface area (Å²) in [6.07, 6.45) is -7.33. The average molecular weight is 429 g/mol. The second-order valence-corrected chi connectivity index (χ2v) is 6.68. The molecule has 1 aromatic heterocycles. The molecule has 0 unspecified atom stereocenters. The van der Waals surface area contributed by atoms with Crippen LogP contribution in [0.3, 0.4) is 0 Å². The summed E-state index contributed by atoms with van der Waals surface area (Å²) in [5, 5.41) is -0.146. The van der Waals surface area contributed by atoms with Gasteiger partial charge in [-0.25, -0.2) is 18.6 Å². The maximum Gasteiger partial charge on any atom is 0.416 e. The van der Waals surface area contributed by atoms with E-state index in [-0.39, 0.29) is 27.1 Å². The first-order valence-electron chi connectivity index (χ1n) is 8.01. The number of hydrogen-bond donors (Lipinski definition) is 0. The highest BCUT2D eigenvalue weighted by Gasteiger charge is 2.30. The van der Waals surface area contributed by atoms with E-state index in [2.05, 4.69) is 9.72 Å². The number of rotatable bonds is 5. The van der Waals surface area contributed by atoms with Gasteiger partial charge in [-0.05, 0) is 36.4 Å². The van der Waals surface area contributed by atoms with Gasteiger partial charge in [0, 0.05) is 5.56 Å². The number of methoxy groups -OCH3 is 1. The van der Waals surface area contributed by atoms with E-state index >= 15 is 0 Å². The van der Waals surface area contributed by atoms with Crippen molar-refractivity contribution in [2.45, 2.75) is 12.6 Å². The van der Waals surface area contributed by atoms with Gasteiger partial charge in [-0.1, -0.05) is 23.5 Å². The molecule has 0 N–H and O–H groups in total. The first-order chi connectivity index (χ1) is 13.7. The molecule has 3 aromatic rings. The molecule has 0 aliphatic heterocycles. The summed E-state index contributed by atoms with van der Waals surface area (Å²) in [5.74, 6) is -0.546. The summed E-state index contributed by atoms with van der Waals surface area (Å²) in [6, 6.07) is 9.50. The van der Waals surface area contributed by atoms with E-state index in [4.69, 9.17) is 4.74 Å². The molecular formula is C19H12F5NO3S.